The summed E-state index contributed by atoms with van der Waals surface area (Å²) in [4.78, 5) is 33.8. The number of nitrogens with two attached hydrogens (primary N) is 1. The highest BCUT2D eigenvalue weighted by molar-refractivity contribution is 7.28. The van der Waals surface area contributed by atoms with Gasteiger partial charge in [0.15, 0.2) is 11.1 Å². The number of carbonyl (C=O) groups is 1. The van der Waals surface area contributed by atoms with Gasteiger partial charge in [0.05, 0.1) is 39.4 Å². The van der Waals surface area contributed by atoms with Crippen LogP contribution in [-0.2, 0) is 11.2 Å². The fourth-order valence-corrected chi connectivity index (χ4v) is 9.10. The summed E-state index contributed by atoms with van der Waals surface area (Å²) in [5, 5.41) is 17.0. The molecule has 5 aromatic heterocycles. The third-order valence-corrected chi connectivity index (χ3v) is 11.3. The molecule has 1 saturated heterocycles. The van der Waals surface area contributed by atoms with E-state index in [0.29, 0.717) is 36.9 Å². The molecule has 5 aromatic rings. The number of fused-ring (bicyclic) bond motifs is 2. The number of quaternary nitrogens is 1. The van der Waals surface area contributed by atoms with Gasteiger partial charge in [-0.25, -0.2) is 4.98 Å². The lowest BCUT2D eigenvalue weighted by atomic mass is 9.91. The molecule has 0 spiro atoms. The number of aromatic nitrogens is 4. The van der Waals surface area contributed by atoms with E-state index in [1.807, 2.05) is 0 Å². The number of nitrogens with one attached hydrogen (secondary N) is 1. The van der Waals surface area contributed by atoms with Gasteiger partial charge in [-0.1, -0.05) is 6.42 Å². The van der Waals surface area contributed by atoms with Crippen molar-refractivity contribution in [2.75, 3.05) is 36.5 Å². The first kappa shape index (κ1) is 27.4. The number of nitrogens with zero attached hydrogens (tertiary/aromatic N) is 5. The van der Waals surface area contributed by atoms with E-state index in [0.717, 1.165) is 62.8 Å². The van der Waals surface area contributed by atoms with Crippen LogP contribution in [-0.4, -0.2) is 63.9 Å². The van der Waals surface area contributed by atoms with Crippen LogP contribution in [0.5, 0.6) is 0 Å². The van der Waals surface area contributed by atoms with Crippen LogP contribution in [0.2, 0.25) is 0 Å². The third-order valence-electron chi connectivity index (χ3n) is 8.06. The van der Waals surface area contributed by atoms with Gasteiger partial charge in [0.2, 0.25) is 5.95 Å². The first-order valence-corrected chi connectivity index (χ1v) is 16.6. The lowest BCUT2D eigenvalue weighted by molar-refractivity contribution is -0.427. The maximum atomic E-state index is 13.0. The number of morpholine rings is 1. The smallest absolute Gasteiger partial charge is 0.254 e. The second-order valence-corrected chi connectivity index (χ2v) is 13.7. The number of primary amides is 1. The van der Waals surface area contributed by atoms with Gasteiger partial charge >= 0.3 is 0 Å². The summed E-state index contributed by atoms with van der Waals surface area (Å²) in [6.45, 7) is 2.89. The van der Waals surface area contributed by atoms with Gasteiger partial charge in [0.25, 0.3) is 5.91 Å². The monoisotopic (exact) mass is 623 g/mol. The Balaban J connectivity index is 1.23. The molecule has 11 nitrogen and oxygen atoms in total. The Labute approximate surface area is 253 Å². The van der Waals surface area contributed by atoms with Crippen LogP contribution in [0.4, 0.5) is 10.9 Å². The molecule has 0 unspecified atom stereocenters. The fourth-order valence-electron chi connectivity index (χ4n) is 5.82. The van der Waals surface area contributed by atoms with E-state index in [2.05, 4.69) is 43.0 Å². The molecule has 0 bridgehead atoms. The zero-order valence-corrected chi connectivity index (χ0v) is 25.3. The lowest BCUT2D eigenvalue weighted by Crippen LogP contribution is -2.68. The van der Waals surface area contributed by atoms with Gasteiger partial charge in [-0.2, -0.15) is 0 Å². The molecule has 2 atom stereocenters. The molecular weight excluding hydrogens is 593 g/mol. The van der Waals surface area contributed by atoms with Crippen LogP contribution in [0, 0.1) is 0 Å². The predicted octanol–water partition coefficient (Wildman–Crippen LogP) is 2.98. The van der Waals surface area contributed by atoms with Crippen LogP contribution in [0.1, 0.15) is 46.6 Å². The summed E-state index contributed by atoms with van der Waals surface area (Å²) in [6, 6.07) is 4.32. The topological polar surface area (TPSA) is 155 Å². The highest BCUT2D eigenvalue weighted by Crippen LogP contribution is 2.40. The molecule has 0 radical (unpaired) electrons. The predicted molar refractivity (Wildman–Crippen MR) is 167 cm³/mol. The quantitative estimate of drug-likeness (QED) is 0.250. The van der Waals surface area contributed by atoms with E-state index >= 15 is 0 Å². The fraction of sp³-hybridized carbons (Fsp3) is 0.393. The van der Waals surface area contributed by atoms with Crippen molar-refractivity contribution in [1.82, 2.24) is 19.6 Å². The third kappa shape index (κ3) is 5.07. The van der Waals surface area contributed by atoms with Gasteiger partial charge in [-0.15, -0.1) is 44.2 Å². The van der Waals surface area contributed by atoms with Crippen molar-refractivity contribution in [2.45, 2.75) is 44.2 Å². The summed E-state index contributed by atoms with van der Waals surface area (Å²) in [5.74, 6) is 0.00681. The molecule has 1 aliphatic carbocycles. The summed E-state index contributed by atoms with van der Waals surface area (Å²) in [5.41, 5.74) is 13.6. The van der Waals surface area contributed by atoms with E-state index < -0.39 is 5.91 Å². The van der Waals surface area contributed by atoms with E-state index in [4.69, 9.17) is 15.5 Å². The second kappa shape index (κ2) is 11.3. The molecule has 6 heterocycles. The van der Waals surface area contributed by atoms with Crippen molar-refractivity contribution in [3.8, 4) is 11.1 Å². The summed E-state index contributed by atoms with van der Waals surface area (Å²) in [7, 11) is 0. The molecule has 218 valence electrons. The van der Waals surface area contributed by atoms with Gasteiger partial charge in [-0.3, -0.25) is 14.0 Å². The molecule has 0 aromatic carbocycles. The Kier molecular flexibility index (Phi) is 7.40. The van der Waals surface area contributed by atoms with Gasteiger partial charge < -0.3 is 26.4 Å². The first-order chi connectivity index (χ1) is 20.5. The summed E-state index contributed by atoms with van der Waals surface area (Å²) in [6.07, 6.45) is 6.36. The minimum absolute atomic E-state index is 0.0522. The van der Waals surface area contributed by atoms with E-state index in [1.54, 1.807) is 39.5 Å². The van der Waals surface area contributed by atoms with Crippen molar-refractivity contribution in [3.63, 3.8) is 0 Å². The van der Waals surface area contributed by atoms with Crippen LogP contribution < -0.4 is 27.1 Å². The number of hydrogen-bond donors (Lipinski definition) is 3. The molecular formula is C28H31N8O3S3+. The average molecular weight is 624 g/mol. The van der Waals surface area contributed by atoms with E-state index in [9.17, 15) is 9.59 Å². The number of carbonyl (C=O) groups excluding carboxylic acids is 1. The maximum Gasteiger partial charge on any atom is 0.254 e. The molecule has 7 rings (SSSR count). The van der Waals surface area contributed by atoms with E-state index in [-0.39, 0.29) is 23.1 Å². The highest BCUT2D eigenvalue weighted by atomic mass is 32.1. The molecule has 2 fully saturated rings. The Bertz CT molecular complexity index is 1840. The highest BCUT2D eigenvalue weighted by Gasteiger charge is 2.28. The first-order valence-electron chi connectivity index (χ1n) is 14.0. The molecule has 42 heavy (non-hydrogen) atoms. The Hall–Kier alpha value is -3.43. The van der Waals surface area contributed by atoms with Crippen LogP contribution >= 0.6 is 34.0 Å². The SMILES string of the molecule is NC(=O)c1c(Cc2cc(-c3csc4c(=O)cc(N5CCOCC5)sc34)cs2)nc(N[C@H]2CCCC[C@H]2[NH3+])n2cnnc12. The number of anilines is 2. The maximum absolute atomic E-state index is 13.0. The molecule has 6 N–H and O–H groups in total. The summed E-state index contributed by atoms with van der Waals surface area (Å²) >= 11 is 4.74. The number of amides is 1. The largest absolute Gasteiger partial charge is 0.378 e. The summed E-state index contributed by atoms with van der Waals surface area (Å²) < 4.78 is 8.98. The lowest BCUT2D eigenvalue weighted by Gasteiger charge is -2.28. The Morgan fingerprint density at radius 1 is 1.14 bits per heavy atom. The van der Waals surface area contributed by atoms with Crippen LogP contribution in [0.15, 0.2) is 34.0 Å². The van der Waals surface area contributed by atoms with Crippen molar-refractivity contribution in [1.29, 1.82) is 0 Å². The molecule has 14 heteroatoms. The molecule has 1 saturated carbocycles. The Morgan fingerprint density at radius 2 is 1.98 bits per heavy atom. The molecule has 1 amide bonds. The zero-order chi connectivity index (χ0) is 28.8. The Morgan fingerprint density at radius 3 is 2.79 bits per heavy atom. The minimum atomic E-state index is -0.587. The standard InChI is InChI=1S/C28H30N8O3S3/c29-18-3-1-2-4-19(18)32-28-33-20(23(26(30)38)27-34-31-14-36(27)28)10-16-9-15(12-40-16)17-13-41-25-21(37)11-22(42-24(17)25)35-5-7-39-8-6-35/h9,11-14,18-19H,1-8,10,29H2,(H2,30,38)(H,32,33)/p+1/t18-,19+/m1/s1. The van der Waals surface area contributed by atoms with Crippen molar-refractivity contribution < 1.29 is 15.3 Å². The van der Waals surface area contributed by atoms with Crippen molar-refractivity contribution in [3.05, 3.63) is 55.6 Å². The van der Waals surface area contributed by atoms with Crippen molar-refractivity contribution >= 4 is 65.9 Å². The number of rotatable bonds is 7. The normalized spacial score (nSPS) is 19.5. The number of ether oxygens (including phenoxy) is 1. The zero-order valence-electron chi connectivity index (χ0n) is 22.9. The van der Waals surface area contributed by atoms with Gasteiger partial charge in [-0.05, 0) is 29.9 Å². The van der Waals surface area contributed by atoms with Gasteiger partial charge in [0, 0.05) is 47.8 Å². The number of thiophene rings is 2. The number of hydrogen-bond acceptors (Lipinski definition) is 11. The molecule has 2 aliphatic rings. The van der Waals surface area contributed by atoms with Crippen LogP contribution in [0.3, 0.4) is 0 Å². The van der Waals surface area contributed by atoms with E-state index in [1.165, 1.54) is 17.8 Å². The average Bonchev–Trinajstić information content (AvgIpc) is 3.75. The minimum Gasteiger partial charge on any atom is -0.378 e. The van der Waals surface area contributed by atoms with Crippen molar-refractivity contribution in [2.24, 2.45) is 5.73 Å². The second-order valence-electron chi connectivity index (χ2n) is 10.8. The van der Waals surface area contributed by atoms with Gasteiger partial charge in [0.1, 0.15) is 17.9 Å². The molecule has 1 aliphatic heterocycles. The van der Waals surface area contributed by atoms with Crippen LogP contribution in [0.25, 0.3) is 26.2 Å².